The lowest BCUT2D eigenvalue weighted by Crippen LogP contribution is -2.10. The molecule has 9 aromatic carbocycles. The van der Waals surface area contributed by atoms with E-state index in [0.29, 0.717) is 0 Å². The van der Waals surface area contributed by atoms with Crippen molar-refractivity contribution in [3.05, 3.63) is 206 Å². The number of fused-ring (bicyclic) bond motifs is 7. The summed E-state index contributed by atoms with van der Waals surface area (Å²) >= 11 is 0. The summed E-state index contributed by atoms with van der Waals surface area (Å²) in [5, 5.41) is 7.12. The highest BCUT2D eigenvalue weighted by Gasteiger charge is 2.22. The molecule has 11 rings (SSSR count). The Kier molecular flexibility index (Phi) is 7.17. The molecule has 0 saturated carbocycles. The second-order valence-electron chi connectivity index (χ2n) is 14.2. The molecule has 0 saturated heterocycles. The zero-order chi connectivity index (χ0) is 36.3. The molecule has 0 radical (unpaired) electrons. The van der Waals surface area contributed by atoms with E-state index in [2.05, 4.69) is 210 Å². The fraction of sp³-hybridized carbons (Fsp3) is 0. The maximum absolute atomic E-state index is 6.67. The number of hydrogen-bond donors (Lipinski definition) is 0. The normalized spacial score (nSPS) is 11.6. The molecule has 0 atom stereocenters. The molecule has 0 aliphatic carbocycles. The quantitative estimate of drug-likeness (QED) is 0.172. The van der Waals surface area contributed by atoms with Crippen LogP contribution in [0.15, 0.2) is 211 Å². The first-order valence-electron chi connectivity index (χ1n) is 18.8. The molecule has 3 nitrogen and oxygen atoms in total. The smallest absolute Gasteiger partial charge is 0.159 e. The topological polar surface area (TPSA) is 21.3 Å². The van der Waals surface area contributed by atoms with Gasteiger partial charge in [-0.25, -0.2) is 0 Å². The van der Waals surface area contributed by atoms with Gasteiger partial charge in [0.1, 0.15) is 5.58 Å². The van der Waals surface area contributed by atoms with Crippen LogP contribution in [-0.2, 0) is 0 Å². The van der Waals surface area contributed by atoms with Crippen LogP contribution in [0.1, 0.15) is 0 Å². The maximum Gasteiger partial charge on any atom is 0.159 e. The lowest BCUT2D eigenvalue weighted by molar-refractivity contribution is 0.669. The Morgan fingerprint density at radius 3 is 1.67 bits per heavy atom. The van der Waals surface area contributed by atoms with Gasteiger partial charge in [0.05, 0.1) is 16.7 Å². The average Bonchev–Trinajstić information content (AvgIpc) is 3.79. The van der Waals surface area contributed by atoms with Crippen molar-refractivity contribution < 1.29 is 4.42 Å². The summed E-state index contributed by atoms with van der Waals surface area (Å²) in [5.41, 5.74) is 13.1. The molecule has 0 N–H and O–H groups in total. The average molecular weight is 703 g/mol. The SMILES string of the molecule is c1ccc(-c2ccc(-c3ccc(N(c4ccc5c6cc7ccccc7cc6n(-c6ccccc6)c5c4)c4cccc5c4oc4ccccc45)cc3)cc2)cc1. The Bertz CT molecular complexity index is 3180. The molecule has 258 valence electrons. The Morgan fingerprint density at radius 2 is 0.927 bits per heavy atom. The predicted octanol–water partition coefficient (Wildman–Crippen LogP) is 14.6. The van der Waals surface area contributed by atoms with Crippen LogP contribution in [0.5, 0.6) is 0 Å². The molecule has 0 unspecified atom stereocenters. The Balaban J connectivity index is 1.11. The molecule has 0 aliphatic rings. The van der Waals surface area contributed by atoms with Crippen molar-refractivity contribution >= 4 is 71.6 Å². The van der Waals surface area contributed by atoms with Crippen molar-refractivity contribution in [1.29, 1.82) is 0 Å². The third-order valence-electron chi connectivity index (χ3n) is 11.0. The second kappa shape index (κ2) is 12.6. The Labute approximate surface area is 318 Å². The van der Waals surface area contributed by atoms with Crippen molar-refractivity contribution in [2.75, 3.05) is 4.90 Å². The molecule has 3 heteroatoms. The van der Waals surface area contributed by atoms with Gasteiger partial charge in [-0.1, -0.05) is 146 Å². The van der Waals surface area contributed by atoms with Crippen LogP contribution < -0.4 is 4.90 Å². The Morgan fingerprint density at radius 1 is 0.364 bits per heavy atom. The van der Waals surface area contributed by atoms with Gasteiger partial charge in [0, 0.05) is 38.6 Å². The number of nitrogens with zero attached hydrogens (tertiary/aromatic N) is 2. The first kappa shape index (κ1) is 31.2. The molecule has 0 spiro atoms. The van der Waals surface area contributed by atoms with E-state index in [1.165, 1.54) is 43.8 Å². The van der Waals surface area contributed by atoms with Crippen LogP contribution in [0.4, 0.5) is 17.1 Å². The van der Waals surface area contributed by atoms with E-state index < -0.39 is 0 Å². The first-order valence-corrected chi connectivity index (χ1v) is 18.8. The molecule has 2 aromatic heterocycles. The summed E-state index contributed by atoms with van der Waals surface area (Å²) in [6, 6.07) is 73.9. The van der Waals surface area contributed by atoms with E-state index in [1.807, 2.05) is 6.07 Å². The number of hydrogen-bond acceptors (Lipinski definition) is 2. The minimum absolute atomic E-state index is 0.860. The van der Waals surface area contributed by atoms with E-state index in [4.69, 9.17) is 4.42 Å². The number of rotatable bonds is 6. The summed E-state index contributed by atoms with van der Waals surface area (Å²) in [4.78, 5) is 2.34. The molecule has 0 amide bonds. The highest BCUT2D eigenvalue weighted by atomic mass is 16.3. The van der Waals surface area contributed by atoms with E-state index >= 15 is 0 Å². The molecular formula is C52H34N2O. The fourth-order valence-electron chi connectivity index (χ4n) is 8.31. The molecule has 0 bridgehead atoms. The molecule has 0 fully saturated rings. The van der Waals surface area contributed by atoms with Gasteiger partial charge in [0.25, 0.3) is 0 Å². The number of para-hydroxylation sites is 3. The van der Waals surface area contributed by atoms with E-state index in [-0.39, 0.29) is 0 Å². The number of anilines is 3. The van der Waals surface area contributed by atoms with E-state index in [0.717, 1.165) is 55.8 Å². The largest absolute Gasteiger partial charge is 0.454 e. The van der Waals surface area contributed by atoms with Gasteiger partial charge in [0.15, 0.2) is 5.58 Å². The van der Waals surface area contributed by atoms with Crippen LogP contribution in [0, 0.1) is 0 Å². The predicted molar refractivity (Wildman–Crippen MR) is 231 cm³/mol. The van der Waals surface area contributed by atoms with Gasteiger partial charge >= 0.3 is 0 Å². The minimum atomic E-state index is 0.860. The summed E-state index contributed by atoms with van der Waals surface area (Å²) in [5.74, 6) is 0. The minimum Gasteiger partial charge on any atom is -0.454 e. The summed E-state index contributed by atoms with van der Waals surface area (Å²) in [6.45, 7) is 0. The van der Waals surface area contributed by atoms with Gasteiger partial charge in [0.2, 0.25) is 0 Å². The van der Waals surface area contributed by atoms with Crippen molar-refractivity contribution in [2.24, 2.45) is 0 Å². The zero-order valence-electron chi connectivity index (χ0n) is 29.9. The van der Waals surface area contributed by atoms with E-state index in [1.54, 1.807) is 0 Å². The van der Waals surface area contributed by atoms with Crippen LogP contribution >= 0.6 is 0 Å². The second-order valence-corrected chi connectivity index (χ2v) is 14.2. The molecule has 11 aromatic rings. The number of aromatic nitrogens is 1. The van der Waals surface area contributed by atoms with Crippen LogP contribution in [0.25, 0.3) is 82.5 Å². The van der Waals surface area contributed by atoms with Crippen LogP contribution in [-0.4, -0.2) is 4.57 Å². The molecule has 0 aliphatic heterocycles. The molecule has 2 heterocycles. The maximum atomic E-state index is 6.67. The first-order chi connectivity index (χ1) is 27.3. The monoisotopic (exact) mass is 702 g/mol. The number of benzene rings is 9. The molecular weight excluding hydrogens is 669 g/mol. The zero-order valence-corrected chi connectivity index (χ0v) is 29.9. The summed E-state index contributed by atoms with van der Waals surface area (Å²) in [6.07, 6.45) is 0. The van der Waals surface area contributed by atoms with Crippen LogP contribution in [0.2, 0.25) is 0 Å². The highest BCUT2D eigenvalue weighted by molar-refractivity contribution is 6.15. The van der Waals surface area contributed by atoms with Crippen molar-refractivity contribution in [3.63, 3.8) is 0 Å². The van der Waals surface area contributed by atoms with Gasteiger partial charge in [-0.15, -0.1) is 0 Å². The van der Waals surface area contributed by atoms with Crippen molar-refractivity contribution in [2.45, 2.75) is 0 Å². The lowest BCUT2D eigenvalue weighted by Gasteiger charge is -2.26. The van der Waals surface area contributed by atoms with E-state index in [9.17, 15) is 0 Å². The summed E-state index contributed by atoms with van der Waals surface area (Å²) < 4.78 is 9.08. The standard InChI is InChI=1S/C52H34N2O/c1-3-12-35(13-4-1)36-22-24-37(25-23-36)38-26-28-42(29-27-38)53(48-20-11-19-46-45-18-9-10-21-51(45)55-52(46)48)43-30-31-44-47-32-39-14-7-8-15-40(39)33-49(47)54(50(44)34-43)41-16-5-2-6-17-41/h1-34H. The fourth-order valence-corrected chi connectivity index (χ4v) is 8.31. The third-order valence-corrected chi connectivity index (χ3v) is 11.0. The third kappa shape index (κ3) is 5.20. The van der Waals surface area contributed by atoms with Crippen molar-refractivity contribution in [3.8, 4) is 27.9 Å². The lowest BCUT2D eigenvalue weighted by atomic mass is 10.00. The van der Waals surface area contributed by atoms with Gasteiger partial charge < -0.3 is 13.9 Å². The number of furan rings is 1. The summed E-state index contributed by atoms with van der Waals surface area (Å²) in [7, 11) is 0. The van der Waals surface area contributed by atoms with Crippen LogP contribution in [0.3, 0.4) is 0 Å². The molecule has 55 heavy (non-hydrogen) atoms. The van der Waals surface area contributed by atoms with Gasteiger partial charge in [-0.3, -0.25) is 0 Å². The Hall–Kier alpha value is -7.36. The van der Waals surface area contributed by atoms with Gasteiger partial charge in [-0.2, -0.15) is 0 Å². The highest BCUT2D eigenvalue weighted by Crippen LogP contribution is 2.44. The van der Waals surface area contributed by atoms with Crippen molar-refractivity contribution in [1.82, 2.24) is 4.57 Å². The van der Waals surface area contributed by atoms with Gasteiger partial charge in [-0.05, 0) is 93.7 Å².